The maximum absolute atomic E-state index is 13.4. The largest absolute Gasteiger partial charge is 0.242 e. The van der Waals surface area contributed by atoms with Crippen molar-refractivity contribution >= 4 is 26.9 Å². The maximum Gasteiger partial charge on any atom is 0.124 e. The topological polar surface area (TPSA) is 29.1 Å². The standard InChI is InChI=1S/C13H19BrFNOS/c1-8-11(6-10(15)7-12(8)14)9(2)16-18(17)13(3,4)5/h6-7,9,16H,1-5H3/t9-,18?/m1/s1. The van der Waals surface area contributed by atoms with E-state index in [4.69, 9.17) is 0 Å². The summed E-state index contributed by atoms with van der Waals surface area (Å²) in [6.45, 7) is 9.50. The lowest BCUT2D eigenvalue weighted by Gasteiger charge is -2.23. The van der Waals surface area contributed by atoms with E-state index in [0.717, 1.165) is 15.6 Å². The van der Waals surface area contributed by atoms with Crippen molar-refractivity contribution in [3.05, 3.63) is 33.5 Å². The van der Waals surface area contributed by atoms with Crippen molar-refractivity contribution in [1.82, 2.24) is 4.72 Å². The van der Waals surface area contributed by atoms with Gasteiger partial charge in [-0.15, -0.1) is 0 Å². The van der Waals surface area contributed by atoms with Crippen LogP contribution in [0.15, 0.2) is 16.6 Å². The van der Waals surface area contributed by atoms with Crippen LogP contribution in [0.25, 0.3) is 0 Å². The Bertz CT molecular complexity index is 471. The highest BCUT2D eigenvalue weighted by Crippen LogP contribution is 2.27. The van der Waals surface area contributed by atoms with Crippen LogP contribution in [0.4, 0.5) is 4.39 Å². The monoisotopic (exact) mass is 335 g/mol. The third-order valence-electron chi connectivity index (χ3n) is 2.66. The molecule has 5 heteroatoms. The zero-order chi connectivity index (χ0) is 14.1. The minimum absolute atomic E-state index is 0.169. The predicted octanol–water partition coefficient (Wildman–Crippen LogP) is 4.01. The van der Waals surface area contributed by atoms with Crippen molar-refractivity contribution in [3.63, 3.8) is 0 Å². The molecule has 0 spiro atoms. The molecule has 1 aromatic carbocycles. The van der Waals surface area contributed by atoms with Gasteiger partial charge in [0.25, 0.3) is 0 Å². The van der Waals surface area contributed by atoms with Gasteiger partial charge >= 0.3 is 0 Å². The van der Waals surface area contributed by atoms with Crippen LogP contribution in [0.2, 0.25) is 0 Å². The summed E-state index contributed by atoms with van der Waals surface area (Å²) in [5.74, 6) is -0.294. The molecule has 0 aromatic heterocycles. The van der Waals surface area contributed by atoms with Crippen molar-refractivity contribution in [2.45, 2.75) is 45.4 Å². The summed E-state index contributed by atoms with van der Waals surface area (Å²) in [7, 11) is -1.18. The molecule has 0 aliphatic heterocycles. The minimum Gasteiger partial charge on any atom is -0.242 e. The van der Waals surface area contributed by atoms with Crippen LogP contribution in [0.1, 0.15) is 44.9 Å². The fourth-order valence-electron chi connectivity index (χ4n) is 1.52. The Morgan fingerprint density at radius 2 is 1.94 bits per heavy atom. The van der Waals surface area contributed by atoms with Crippen LogP contribution in [0, 0.1) is 12.7 Å². The Kier molecular flexibility index (Phi) is 5.09. The van der Waals surface area contributed by atoms with E-state index in [1.807, 2.05) is 34.6 Å². The van der Waals surface area contributed by atoms with Crippen LogP contribution in [-0.4, -0.2) is 8.96 Å². The van der Waals surface area contributed by atoms with Gasteiger partial charge in [-0.3, -0.25) is 0 Å². The molecule has 0 bridgehead atoms. The second kappa shape index (κ2) is 5.80. The van der Waals surface area contributed by atoms with Crippen molar-refractivity contribution < 1.29 is 8.60 Å². The third kappa shape index (κ3) is 3.87. The van der Waals surface area contributed by atoms with E-state index in [-0.39, 0.29) is 16.6 Å². The highest BCUT2D eigenvalue weighted by molar-refractivity contribution is 9.10. The SMILES string of the molecule is Cc1c(Br)cc(F)cc1[C@@H](C)NS(=O)C(C)(C)C. The molecule has 0 saturated carbocycles. The fourth-order valence-corrected chi connectivity index (χ4v) is 2.77. The van der Waals surface area contributed by atoms with E-state index in [9.17, 15) is 8.60 Å². The van der Waals surface area contributed by atoms with E-state index in [0.29, 0.717) is 0 Å². The Labute approximate surface area is 119 Å². The summed E-state index contributed by atoms with van der Waals surface area (Å²) in [6, 6.07) is 2.75. The lowest BCUT2D eigenvalue weighted by molar-refractivity contribution is 0.603. The highest BCUT2D eigenvalue weighted by Gasteiger charge is 2.22. The molecule has 2 atom stereocenters. The van der Waals surface area contributed by atoms with Crippen LogP contribution in [-0.2, 0) is 11.0 Å². The molecule has 0 heterocycles. The molecular formula is C13H19BrFNOS. The number of nitrogens with one attached hydrogen (secondary N) is 1. The summed E-state index contributed by atoms with van der Waals surface area (Å²) in [6.07, 6.45) is 0. The molecule has 1 aromatic rings. The molecule has 0 aliphatic carbocycles. The fraction of sp³-hybridized carbons (Fsp3) is 0.538. The van der Waals surface area contributed by atoms with Gasteiger partial charge in [0.05, 0.1) is 15.7 Å². The number of hydrogen-bond acceptors (Lipinski definition) is 1. The Balaban J connectivity index is 2.98. The van der Waals surface area contributed by atoms with Gasteiger partial charge in [0, 0.05) is 10.5 Å². The molecule has 0 fully saturated rings. The molecule has 0 aliphatic rings. The van der Waals surface area contributed by atoms with Gasteiger partial charge in [0.1, 0.15) is 5.82 Å². The summed E-state index contributed by atoms with van der Waals surface area (Å²) in [5, 5.41) is 0. The van der Waals surface area contributed by atoms with E-state index < -0.39 is 11.0 Å². The number of rotatable bonds is 3. The minimum atomic E-state index is -1.18. The van der Waals surface area contributed by atoms with E-state index >= 15 is 0 Å². The first-order valence-electron chi connectivity index (χ1n) is 5.76. The number of hydrogen-bond donors (Lipinski definition) is 1. The molecule has 2 nitrogen and oxygen atoms in total. The summed E-state index contributed by atoms with van der Waals surface area (Å²) in [4.78, 5) is 0. The Hall–Kier alpha value is -0.260. The lowest BCUT2D eigenvalue weighted by Crippen LogP contribution is -2.35. The zero-order valence-corrected chi connectivity index (χ0v) is 13.7. The quantitative estimate of drug-likeness (QED) is 0.888. The van der Waals surface area contributed by atoms with Crippen molar-refractivity contribution in [2.24, 2.45) is 0 Å². The van der Waals surface area contributed by atoms with Gasteiger partial charge < -0.3 is 0 Å². The van der Waals surface area contributed by atoms with Gasteiger partial charge in [-0.05, 0) is 57.9 Å². The summed E-state index contributed by atoms with van der Waals surface area (Å²) >= 11 is 3.33. The molecule has 1 unspecified atom stereocenters. The lowest BCUT2D eigenvalue weighted by atomic mass is 10.0. The smallest absolute Gasteiger partial charge is 0.124 e. The second-order valence-electron chi connectivity index (χ2n) is 5.32. The molecular weight excluding hydrogens is 317 g/mol. The Morgan fingerprint density at radius 3 is 2.44 bits per heavy atom. The van der Waals surface area contributed by atoms with Gasteiger partial charge in [0.15, 0.2) is 0 Å². The zero-order valence-electron chi connectivity index (χ0n) is 11.3. The van der Waals surface area contributed by atoms with E-state index in [1.54, 1.807) is 0 Å². The normalized spacial score (nSPS) is 15.5. The Morgan fingerprint density at radius 1 is 1.39 bits per heavy atom. The van der Waals surface area contributed by atoms with Gasteiger partial charge in [-0.2, -0.15) is 0 Å². The highest BCUT2D eigenvalue weighted by atomic mass is 79.9. The van der Waals surface area contributed by atoms with Gasteiger partial charge in [0.2, 0.25) is 0 Å². The second-order valence-corrected chi connectivity index (χ2v) is 8.17. The summed E-state index contributed by atoms with van der Waals surface area (Å²) in [5.41, 5.74) is 1.78. The molecule has 0 radical (unpaired) electrons. The third-order valence-corrected chi connectivity index (χ3v) is 5.16. The van der Waals surface area contributed by atoms with Crippen LogP contribution >= 0.6 is 15.9 Å². The molecule has 0 amide bonds. The first kappa shape index (κ1) is 15.8. The van der Waals surface area contributed by atoms with Gasteiger partial charge in [-0.1, -0.05) is 15.9 Å². The van der Waals surface area contributed by atoms with Crippen molar-refractivity contribution in [3.8, 4) is 0 Å². The van der Waals surface area contributed by atoms with Gasteiger partial charge in [-0.25, -0.2) is 13.3 Å². The first-order chi connectivity index (χ1) is 8.12. The van der Waals surface area contributed by atoms with Crippen LogP contribution < -0.4 is 4.72 Å². The molecule has 1 rings (SSSR count). The average molecular weight is 336 g/mol. The van der Waals surface area contributed by atoms with Crippen molar-refractivity contribution in [2.75, 3.05) is 0 Å². The molecule has 0 saturated heterocycles. The number of benzene rings is 1. The first-order valence-corrected chi connectivity index (χ1v) is 7.71. The van der Waals surface area contributed by atoms with Crippen LogP contribution in [0.3, 0.4) is 0 Å². The molecule has 1 N–H and O–H groups in total. The predicted molar refractivity (Wildman–Crippen MR) is 78.3 cm³/mol. The van der Waals surface area contributed by atoms with E-state index in [2.05, 4.69) is 20.7 Å². The van der Waals surface area contributed by atoms with E-state index in [1.165, 1.54) is 12.1 Å². The molecule has 102 valence electrons. The van der Waals surface area contributed by atoms with Crippen LogP contribution in [0.5, 0.6) is 0 Å². The number of halogens is 2. The maximum atomic E-state index is 13.4. The summed E-state index contributed by atoms with van der Waals surface area (Å²) < 4.78 is 28.8. The average Bonchev–Trinajstić information content (AvgIpc) is 2.21. The van der Waals surface area contributed by atoms with Crippen molar-refractivity contribution in [1.29, 1.82) is 0 Å². The molecule has 18 heavy (non-hydrogen) atoms.